The van der Waals surface area contributed by atoms with E-state index in [4.69, 9.17) is 4.74 Å². The maximum Gasteiger partial charge on any atom is 0.349 e. The van der Waals surface area contributed by atoms with E-state index in [2.05, 4.69) is 0 Å². The lowest BCUT2D eigenvalue weighted by atomic mass is 9.78. The molecule has 1 amide bonds. The zero-order valence-electron chi connectivity index (χ0n) is 15.8. The summed E-state index contributed by atoms with van der Waals surface area (Å²) in [6, 6.07) is 9.65. The summed E-state index contributed by atoms with van der Waals surface area (Å²) in [5, 5.41) is 9.27. The van der Waals surface area contributed by atoms with Crippen molar-refractivity contribution in [1.82, 2.24) is 4.90 Å². The molecule has 1 saturated carbocycles. The highest BCUT2D eigenvalue weighted by Crippen LogP contribution is 2.35. The molecule has 1 aromatic rings. The second-order valence-corrected chi connectivity index (χ2v) is 7.50. The summed E-state index contributed by atoms with van der Waals surface area (Å²) in [5.41, 5.74) is 1.75. The third-order valence-corrected chi connectivity index (χ3v) is 5.62. The fourth-order valence-electron chi connectivity index (χ4n) is 4.19. The van der Waals surface area contributed by atoms with Crippen molar-refractivity contribution < 1.29 is 14.3 Å². The van der Waals surface area contributed by atoms with Gasteiger partial charge >= 0.3 is 5.97 Å². The molecule has 0 N–H and O–H groups in total. The van der Waals surface area contributed by atoms with E-state index in [1.54, 1.807) is 0 Å². The quantitative estimate of drug-likeness (QED) is 0.463. The number of nitriles is 1. The Morgan fingerprint density at radius 2 is 1.89 bits per heavy atom. The Morgan fingerprint density at radius 1 is 1.19 bits per heavy atom. The van der Waals surface area contributed by atoms with Crippen LogP contribution in [0.5, 0.6) is 0 Å². The number of amides is 1. The molecule has 142 valence electrons. The number of carbonyl (C=O) groups excluding carboxylic acids is 2. The summed E-state index contributed by atoms with van der Waals surface area (Å²) in [6.45, 7) is 2.41. The molecular weight excluding hydrogens is 340 g/mol. The first-order valence-corrected chi connectivity index (χ1v) is 9.73. The van der Waals surface area contributed by atoms with Crippen molar-refractivity contribution in [3.05, 3.63) is 41.0 Å². The van der Waals surface area contributed by atoms with E-state index in [0.717, 1.165) is 36.9 Å². The molecule has 27 heavy (non-hydrogen) atoms. The van der Waals surface area contributed by atoms with Crippen molar-refractivity contribution in [2.75, 3.05) is 13.2 Å². The van der Waals surface area contributed by atoms with Gasteiger partial charge in [0.05, 0.1) is 0 Å². The zero-order chi connectivity index (χ0) is 19.2. The first-order chi connectivity index (χ1) is 13.1. The van der Waals surface area contributed by atoms with Gasteiger partial charge in [-0.15, -0.1) is 0 Å². The minimum absolute atomic E-state index is 0.0964. The standard InChI is InChI=1S/C22H26N2O3/c1-16-8-10-17(11-9-16)13-19(14-23)22(26)27-15-21(25)24-12-4-6-18-5-2-3-7-20(18)24/h8-11,13,18,20H,2-7,12,15H2,1H3/b19-13+/t18-,20+/m0/s1. The Balaban J connectivity index is 1.59. The highest BCUT2D eigenvalue weighted by atomic mass is 16.5. The van der Waals surface area contributed by atoms with E-state index >= 15 is 0 Å². The van der Waals surface area contributed by atoms with Crippen molar-refractivity contribution in [3.8, 4) is 6.07 Å². The Bertz CT molecular complexity index is 759. The normalized spacial score (nSPS) is 22.5. The number of benzene rings is 1. The Kier molecular flexibility index (Phi) is 6.28. The van der Waals surface area contributed by atoms with Gasteiger partial charge in [0.2, 0.25) is 0 Å². The molecule has 3 rings (SSSR count). The Morgan fingerprint density at radius 3 is 2.63 bits per heavy atom. The monoisotopic (exact) mass is 366 g/mol. The summed E-state index contributed by atoms with van der Waals surface area (Å²) in [4.78, 5) is 26.7. The van der Waals surface area contributed by atoms with Gasteiger partial charge < -0.3 is 9.64 Å². The molecule has 2 fully saturated rings. The lowest BCUT2D eigenvalue weighted by Gasteiger charge is -2.44. The van der Waals surface area contributed by atoms with Crippen molar-refractivity contribution in [1.29, 1.82) is 5.26 Å². The summed E-state index contributed by atoms with van der Waals surface area (Å²) >= 11 is 0. The molecule has 2 atom stereocenters. The summed E-state index contributed by atoms with van der Waals surface area (Å²) in [5.74, 6) is -0.306. The van der Waals surface area contributed by atoms with Crippen molar-refractivity contribution in [2.24, 2.45) is 5.92 Å². The van der Waals surface area contributed by atoms with Gasteiger partial charge in [0.15, 0.2) is 6.61 Å². The molecule has 0 unspecified atom stereocenters. The maximum atomic E-state index is 12.6. The van der Waals surface area contributed by atoms with Gasteiger partial charge in [-0.1, -0.05) is 42.7 Å². The van der Waals surface area contributed by atoms with Gasteiger partial charge in [-0.05, 0) is 50.2 Å². The van der Waals surface area contributed by atoms with Crippen LogP contribution in [0, 0.1) is 24.2 Å². The number of hydrogen-bond acceptors (Lipinski definition) is 4. The molecule has 1 saturated heterocycles. The minimum Gasteiger partial charge on any atom is -0.451 e. The number of carbonyl (C=O) groups is 2. The summed E-state index contributed by atoms with van der Waals surface area (Å²) in [7, 11) is 0. The van der Waals surface area contributed by atoms with Gasteiger partial charge in [-0.3, -0.25) is 4.79 Å². The molecule has 1 aliphatic heterocycles. The lowest BCUT2D eigenvalue weighted by Crippen LogP contribution is -2.50. The molecule has 1 aliphatic carbocycles. The van der Waals surface area contributed by atoms with E-state index in [1.807, 2.05) is 42.2 Å². The molecule has 5 heteroatoms. The molecule has 1 aromatic carbocycles. The second kappa shape index (κ2) is 8.85. The van der Waals surface area contributed by atoms with Crippen molar-refractivity contribution in [2.45, 2.75) is 51.5 Å². The van der Waals surface area contributed by atoms with Crippen LogP contribution in [-0.2, 0) is 14.3 Å². The van der Waals surface area contributed by atoms with Crippen molar-refractivity contribution >= 4 is 18.0 Å². The topological polar surface area (TPSA) is 70.4 Å². The molecule has 1 heterocycles. The van der Waals surface area contributed by atoms with Crippen LogP contribution in [0.2, 0.25) is 0 Å². The third kappa shape index (κ3) is 4.77. The average molecular weight is 366 g/mol. The van der Waals surface area contributed by atoms with E-state index in [1.165, 1.54) is 25.3 Å². The first kappa shape index (κ1) is 19.2. The predicted octanol–water partition coefficient (Wildman–Crippen LogP) is 3.63. The number of ether oxygens (including phenoxy) is 1. The van der Waals surface area contributed by atoms with E-state index < -0.39 is 5.97 Å². The number of nitrogens with zero attached hydrogens (tertiary/aromatic N) is 2. The SMILES string of the molecule is Cc1ccc(/C=C(\C#N)C(=O)OCC(=O)N2CCC[C@@H]3CCCC[C@H]32)cc1. The second-order valence-electron chi connectivity index (χ2n) is 7.50. The number of esters is 1. The largest absolute Gasteiger partial charge is 0.451 e. The maximum absolute atomic E-state index is 12.6. The number of fused-ring (bicyclic) bond motifs is 1. The fourth-order valence-corrected chi connectivity index (χ4v) is 4.19. The van der Waals surface area contributed by atoms with Crippen LogP contribution >= 0.6 is 0 Å². The molecule has 5 nitrogen and oxygen atoms in total. The summed E-state index contributed by atoms with van der Waals surface area (Å²) < 4.78 is 5.16. The molecule has 0 aromatic heterocycles. The number of hydrogen-bond donors (Lipinski definition) is 0. The average Bonchev–Trinajstić information content (AvgIpc) is 2.71. The zero-order valence-corrected chi connectivity index (χ0v) is 15.8. The third-order valence-electron chi connectivity index (χ3n) is 5.62. The van der Waals surface area contributed by atoms with Crippen LogP contribution in [0.3, 0.4) is 0 Å². The van der Waals surface area contributed by atoms with Crippen LogP contribution in [0.25, 0.3) is 6.08 Å². The number of aryl methyl sites for hydroxylation is 1. The first-order valence-electron chi connectivity index (χ1n) is 9.73. The molecule has 0 spiro atoms. The highest BCUT2D eigenvalue weighted by molar-refractivity contribution is 5.98. The van der Waals surface area contributed by atoms with Crippen LogP contribution in [0.1, 0.15) is 49.7 Å². The van der Waals surface area contributed by atoms with Crippen molar-refractivity contribution in [3.63, 3.8) is 0 Å². The van der Waals surface area contributed by atoms with Crippen LogP contribution in [-0.4, -0.2) is 36.0 Å². The predicted molar refractivity (Wildman–Crippen MR) is 102 cm³/mol. The fraction of sp³-hybridized carbons (Fsp3) is 0.500. The summed E-state index contributed by atoms with van der Waals surface area (Å²) in [6.07, 6.45) is 8.32. The van der Waals surface area contributed by atoms with E-state index in [0.29, 0.717) is 5.92 Å². The van der Waals surface area contributed by atoms with Gasteiger partial charge in [0, 0.05) is 12.6 Å². The molecule has 0 radical (unpaired) electrons. The highest BCUT2D eigenvalue weighted by Gasteiger charge is 2.35. The molecular formula is C22H26N2O3. The Hall–Kier alpha value is -2.61. The number of likely N-dealkylation sites (tertiary alicyclic amines) is 1. The van der Waals surface area contributed by atoms with Crippen LogP contribution in [0.15, 0.2) is 29.8 Å². The van der Waals surface area contributed by atoms with Gasteiger partial charge in [0.25, 0.3) is 5.91 Å². The molecule has 2 aliphatic rings. The number of rotatable bonds is 4. The van der Waals surface area contributed by atoms with Gasteiger partial charge in [0.1, 0.15) is 11.6 Å². The minimum atomic E-state index is -0.747. The van der Waals surface area contributed by atoms with Crippen LogP contribution in [0.4, 0.5) is 0 Å². The van der Waals surface area contributed by atoms with Crippen LogP contribution < -0.4 is 0 Å². The molecule has 0 bridgehead atoms. The van der Waals surface area contributed by atoms with E-state index in [9.17, 15) is 14.9 Å². The lowest BCUT2D eigenvalue weighted by molar-refractivity contribution is -0.152. The smallest absolute Gasteiger partial charge is 0.349 e. The van der Waals surface area contributed by atoms with Gasteiger partial charge in [-0.25, -0.2) is 4.79 Å². The number of piperidine rings is 1. The van der Waals surface area contributed by atoms with E-state index in [-0.39, 0.29) is 24.1 Å². The Labute approximate surface area is 160 Å². The van der Waals surface area contributed by atoms with Gasteiger partial charge in [-0.2, -0.15) is 5.26 Å².